The number of carbonyl (C=O) groups is 3. The summed E-state index contributed by atoms with van der Waals surface area (Å²) in [7, 11) is 1.56. The Hall–Kier alpha value is -3.85. The molecule has 0 saturated heterocycles. The average Bonchev–Trinajstić information content (AvgIpc) is 3.36. The van der Waals surface area contributed by atoms with E-state index in [4.69, 9.17) is 9.47 Å². The van der Waals surface area contributed by atoms with Crippen molar-refractivity contribution in [1.82, 2.24) is 10.2 Å². The third-order valence-corrected chi connectivity index (χ3v) is 6.65. The second kappa shape index (κ2) is 11.5. The van der Waals surface area contributed by atoms with Gasteiger partial charge >= 0.3 is 0 Å². The van der Waals surface area contributed by atoms with Gasteiger partial charge in [0.15, 0.2) is 6.61 Å². The Kier molecular flexibility index (Phi) is 7.99. The number of amides is 3. The number of rotatable bonds is 9. The van der Waals surface area contributed by atoms with Crippen LogP contribution in [0.25, 0.3) is 0 Å². The molecule has 35 heavy (non-hydrogen) atoms. The zero-order chi connectivity index (χ0) is 24.6. The van der Waals surface area contributed by atoms with Crippen LogP contribution in [0.1, 0.15) is 27.2 Å². The van der Waals surface area contributed by atoms with Gasteiger partial charge in [-0.05, 0) is 59.8 Å². The van der Waals surface area contributed by atoms with Crippen LogP contribution in [0.2, 0.25) is 0 Å². The molecule has 0 saturated carbocycles. The van der Waals surface area contributed by atoms with E-state index in [1.165, 1.54) is 10.4 Å². The van der Waals surface area contributed by atoms with E-state index in [2.05, 4.69) is 22.1 Å². The van der Waals surface area contributed by atoms with Gasteiger partial charge in [-0.3, -0.25) is 14.4 Å². The fourth-order valence-electron chi connectivity index (χ4n) is 3.75. The first-order valence-electron chi connectivity index (χ1n) is 11.3. The first-order chi connectivity index (χ1) is 17.0. The summed E-state index contributed by atoms with van der Waals surface area (Å²) >= 11 is 1.74. The average molecular weight is 494 g/mol. The molecular weight excluding hydrogens is 466 g/mol. The number of methoxy groups -OCH3 is 1. The van der Waals surface area contributed by atoms with Crippen molar-refractivity contribution in [3.05, 3.63) is 76.0 Å². The van der Waals surface area contributed by atoms with Crippen LogP contribution >= 0.6 is 11.3 Å². The normalized spacial score (nSPS) is 12.4. The number of nitrogens with one attached hydrogen (secondary N) is 2. The van der Waals surface area contributed by atoms with Crippen molar-refractivity contribution >= 4 is 34.7 Å². The van der Waals surface area contributed by atoms with Crippen LogP contribution in [-0.2, 0) is 22.6 Å². The number of nitrogens with zero attached hydrogens (tertiary/aromatic N) is 1. The minimum Gasteiger partial charge on any atom is -0.497 e. The smallest absolute Gasteiger partial charge is 0.262 e. The van der Waals surface area contributed by atoms with Gasteiger partial charge in [-0.15, -0.1) is 11.3 Å². The fraction of sp³-hybridized carbons (Fsp3) is 0.269. The van der Waals surface area contributed by atoms with Gasteiger partial charge in [-0.1, -0.05) is 6.07 Å². The van der Waals surface area contributed by atoms with Gasteiger partial charge in [0, 0.05) is 48.2 Å². The molecule has 1 aliphatic rings. The monoisotopic (exact) mass is 493 g/mol. The Morgan fingerprint density at radius 2 is 1.89 bits per heavy atom. The molecule has 0 fully saturated rings. The molecule has 2 aromatic carbocycles. The summed E-state index contributed by atoms with van der Waals surface area (Å²) in [6, 6.07) is 15.6. The largest absolute Gasteiger partial charge is 0.497 e. The molecule has 1 aromatic heterocycles. The Bertz CT molecular complexity index is 1190. The van der Waals surface area contributed by atoms with Crippen molar-refractivity contribution in [3.63, 3.8) is 0 Å². The first kappa shape index (κ1) is 24.3. The van der Waals surface area contributed by atoms with Crippen LogP contribution in [0.3, 0.4) is 0 Å². The predicted molar refractivity (Wildman–Crippen MR) is 134 cm³/mol. The third-order valence-electron chi connectivity index (χ3n) is 5.62. The van der Waals surface area contributed by atoms with Crippen LogP contribution in [0.5, 0.6) is 11.5 Å². The lowest BCUT2D eigenvalue weighted by molar-refractivity contribution is -0.132. The quantitative estimate of drug-likeness (QED) is 0.476. The SMILES string of the molecule is COc1cccc(NC(=O)COc2ccc(C(=O)NCCC(=O)N3CCc4sccc4C3)cc2)c1. The zero-order valence-corrected chi connectivity index (χ0v) is 20.2. The summed E-state index contributed by atoms with van der Waals surface area (Å²) < 4.78 is 10.6. The Morgan fingerprint density at radius 1 is 1.06 bits per heavy atom. The highest BCUT2D eigenvalue weighted by atomic mass is 32.1. The highest BCUT2D eigenvalue weighted by Crippen LogP contribution is 2.24. The molecule has 9 heteroatoms. The maximum atomic E-state index is 12.5. The van der Waals surface area contributed by atoms with Crippen LogP contribution in [0.15, 0.2) is 60.0 Å². The molecule has 4 rings (SSSR count). The van der Waals surface area contributed by atoms with Crippen molar-refractivity contribution in [2.75, 3.05) is 32.1 Å². The van der Waals surface area contributed by atoms with Crippen LogP contribution < -0.4 is 20.1 Å². The molecule has 2 heterocycles. The molecule has 3 amide bonds. The molecular formula is C26H27N3O5S. The van der Waals surface area contributed by atoms with Gasteiger partial charge < -0.3 is 25.0 Å². The van der Waals surface area contributed by atoms with Gasteiger partial charge in [-0.2, -0.15) is 0 Å². The minimum atomic E-state index is -0.311. The molecule has 3 aromatic rings. The van der Waals surface area contributed by atoms with Gasteiger partial charge in [0.2, 0.25) is 5.91 Å². The lowest BCUT2D eigenvalue weighted by Crippen LogP contribution is -2.37. The first-order valence-corrected chi connectivity index (χ1v) is 12.2. The predicted octanol–water partition coefficient (Wildman–Crippen LogP) is 3.48. The molecule has 0 atom stereocenters. The van der Waals surface area contributed by atoms with Gasteiger partial charge in [0.25, 0.3) is 11.8 Å². The number of ether oxygens (including phenoxy) is 2. The number of anilines is 1. The van der Waals surface area contributed by atoms with Crippen LogP contribution in [-0.4, -0.2) is 49.4 Å². The lowest BCUT2D eigenvalue weighted by Gasteiger charge is -2.27. The fourth-order valence-corrected chi connectivity index (χ4v) is 4.64. The van der Waals surface area contributed by atoms with Crippen molar-refractivity contribution in [1.29, 1.82) is 0 Å². The summed E-state index contributed by atoms with van der Waals surface area (Å²) in [5.41, 5.74) is 2.28. The standard InChI is InChI=1S/C26H27N3O5S/c1-33-22-4-2-3-20(15-22)28-24(30)17-34-21-7-5-18(6-8-21)26(32)27-12-9-25(31)29-13-10-23-19(16-29)11-14-35-23/h2-8,11,14-15H,9-10,12-13,16-17H2,1H3,(H,27,32)(H,28,30). The minimum absolute atomic E-state index is 0.0399. The topological polar surface area (TPSA) is 97.0 Å². The van der Waals surface area contributed by atoms with Gasteiger partial charge in [-0.25, -0.2) is 0 Å². The molecule has 0 aliphatic carbocycles. The van der Waals surface area contributed by atoms with Crippen molar-refractivity contribution in [3.8, 4) is 11.5 Å². The van der Waals surface area contributed by atoms with E-state index in [1.807, 2.05) is 4.90 Å². The molecule has 8 nitrogen and oxygen atoms in total. The van der Waals surface area contributed by atoms with Crippen LogP contribution in [0.4, 0.5) is 5.69 Å². The van der Waals surface area contributed by atoms with E-state index in [-0.39, 0.29) is 37.3 Å². The highest BCUT2D eigenvalue weighted by molar-refractivity contribution is 7.10. The summed E-state index contributed by atoms with van der Waals surface area (Å²) in [4.78, 5) is 40.2. The van der Waals surface area contributed by atoms with Gasteiger partial charge in [0.1, 0.15) is 11.5 Å². The van der Waals surface area contributed by atoms with E-state index >= 15 is 0 Å². The van der Waals surface area contributed by atoms with E-state index < -0.39 is 0 Å². The van der Waals surface area contributed by atoms with Crippen molar-refractivity contribution in [2.24, 2.45) is 0 Å². The lowest BCUT2D eigenvalue weighted by atomic mass is 10.1. The Labute approximate surface area is 207 Å². The van der Waals surface area contributed by atoms with Crippen molar-refractivity contribution < 1.29 is 23.9 Å². The maximum absolute atomic E-state index is 12.5. The van der Waals surface area contributed by atoms with E-state index in [1.54, 1.807) is 67.0 Å². The molecule has 0 spiro atoms. The van der Waals surface area contributed by atoms with Gasteiger partial charge in [0.05, 0.1) is 7.11 Å². The van der Waals surface area contributed by atoms with E-state index in [0.717, 1.165) is 13.0 Å². The number of carbonyl (C=O) groups excluding carboxylic acids is 3. The van der Waals surface area contributed by atoms with Crippen LogP contribution in [0, 0.1) is 0 Å². The Balaban J connectivity index is 1.18. The third kappa shape index (κ3) is 6.60. The van der Waals surface area contributed by atoms with Crippen molar-refractivity contribution in [2.45, 2.75) is 19.4 Å². The second-order valence-corrected chi connectivity index (χ2v) is 9.03. The summed E-state index contributed by atoms with van der Waals surface area (Å²) in [5.74, 6) is 0.575. The molecule has 182 valence electrons. The molecule has 2 N–H and O–H groups in total. The number of hydrogen-bond donors (Lipinski definition) is 2. The summed E-state index contributed by atoms with van der Waals surface area (Å²) in [6.07, 6.45) is 1.15. The molecule has 0 unspecified atom stereocenters. The number of fused-ring (bicyclic) bond motifs is 1. The number of benzene rings is 2. The second-order valence-electron chi connectivity index (χ2n) is 8.03. The number of thiophene rings is 1. The number of hydrogen-bond acceptors (Lipinski definition) is 6. The molecule has 1 aliphatic heterocycles. The van der Waals surface area contributed by atoms with E-state index in [9.17, 15) is 14.4 Å². The molecule has 0 radical (unpaired) electrons. The highest BCUT2D eigenvalue weighted by Gasteiger charge is 2.21. The molecule has 0 bridgehead atoms. The van der Waals surface area contributed by atoms with E-state index in [0.29, 0.717) is 29.3 Å². The maximum Gasteiger partial charge on any atom is 0.262 e. The zero-order valence-electron chi connectivity index (χ0n) is 19.4. The Morgan fingerprint density at radius 3 is 2.69 bits per heavy atom. The summed E-state index contributed by atoms with van der Waals surface area (Å²) in [6.45, 7) is 1.46. The summed E-state index contributed by atoms with van der Waals surface area (Å²) in [5, 5.41) is 7.59.